The van der Waals surface area contributed by atoms with E-state index in [4.69, 9.17) is 4.74 Å². The third-order valence-corrected chi connectivity index (χ3v) is 3.08. The molecule has 1 saturated heterocycles. The molecule has 0 saturated carbocycles. The quantitative estimate of drug-likeness (QED) is 0.879. The molecule has 1 aliphatic rings. The van der Waals surface area contributed by atoms with Crippen molar-refractivity contribution in [3.05, 3.63) is 29.6 Å². The van der Waals surface area contributed by atoms with Crippen LogP contribution in [0.1, 0.15) is 26.3 Å². The monoisotopic (exact) mass is 253 g/mol. The molecular weight excluding hydrogens is 233 g/mol. The second-order valence-corrected chi connectivity index (χ2v) is 5.63. The molecule has 1 N–H and O–H groups in total. The molecule has 0 amide bonds. The van der Waals surface area contributed by atoms with E-state index >= 15 is 0 Å². The molecule has 0 spiro atoms. The second kappa shape index (κ2) is 4.86. The minimum atomic E-state index is -0.316. The van der Waals surface area contributed by atoms with Crippen molar-refractivity contribution in [2.45, 2.75) is 39.0 Å². The first kappa shape index (κ1) is 13.3. The third kappa shape index (κ3) is 3.21. The van der Waals surface area contributed by atoms with Gasteiger partial charge in [-0.15, -0.1) is 0 Å². The highest BCUT2D eigenvalue weighted by Gasteiger charge is 2.31. The molecule has 0 bridgehead atoms. The zero-order valence-electron chi connectivity index (χ0n) is 11.1. The highest BCUT2D eigenvalue weighted by atomic mass is 19.1. The van der Waals surface area contributed by atoms with E-state index in [0.717, 1.165) is 13.1 Å². The van der Waals surface area contributed by atoms with Crippen LogP contribution in [0.5, 0.6) is 5.75 Å². The van der Waals surface area contributed by atoms with Crippen molar-refractivity contribution in [1.29, 1.82) is 0 Å². The summed E-state index contributed by atoms with van der Waals surface area (Å²) >= 11 is 0. The summed E-state index contributed by atoms with van der Waals surface area (Å²) in [5.74, 6) is -0.170. The van der Waals surface area contributed by atoms with E-state index in [1.54, 1.807) is 0 Å². The normalized spacial score (nSPS) is 24.1. The summed E-state index contributed by atoms with van der Waals surface area (Å²) in [5, 5.41) is 9.74. The van der Waals surface area contributed by atoms with Gasteiger partial charge >= 0.3 is 0 Å². The van der Waals surface area contributed by atoms with Crippen LogP contribution in [0, 0.1) is 5.82 Å². The number of nitrogens with zero attached hydrogens (tertiary/aromatic N) is 1. The van der Waals surface area contributed by atoms with E-state index in [-0.39, 0.29) is 23.3 Å². The van der Waals surface area contributed by atoms with Crippen LogP contribution < -0.4 is 0 Å². The summed E-state index contributed by atoms with van der Waals surface area (Å²) in [7, 11) is 0. The summed E-state index contributed by atoms with van der Waals surface area (Å²) in [6.45, 7) is 8.22. The Morgan fingerprint density at radius 3 is 2.89 bits per heavy atom. The molecule has 1 atom stereocenters. The van der Waals surface area contributed by atoms with Gasteiger partial charge in [-0.2, -0.15) is 0 Å². The average molecular weight is 253 g/mol. The molecule has 1 heterocycles. The van der Waals surface area contributed by atoms with Crippen molar-refractivity contribution >= 4 is 0 Å². The van der Waals surface area contributed by atoms with Gasteiger partial charge in [-0.05, 0) is 39.0 Å². The minimum Gasteiger partial charge on any atom is -0.508 e. The molecule has 0 aromatic heterocycles. The van der Waals surface area contributed by atoms with Crippen LogP contribution in [-0.2, 0) is 11.3 Å². The van der Waals surface area contributed by atoms with E-state index in [1.165, 1.54) is 18.2 Å². The Morgan fingerprint density at radius 1 is 1.50 bits per heavy atom. The predicted octanol–water partition coefficient (Wildman–Crippen LogP) is 2.53. The highest BCUT2D eigenvalue weighted by Crippen LogP contribution is 2.25. The van der Waals surface area contributed by atoms with Gasteiger partial charge in [0.05, 0.1) is 11.7 Å². The van der Waals surface area contributed by atoms with Crippen molar-refractivity contribution in [1.82, 2.24) is 4.90 Å². The third-order valence-electron chi connectivity index (χ3n) is 3.08. The summed E-state index contributed by atoms with van der Waals surface area (Å²) in [6, 6.07) is 4.06. The van der Waals surface area contributed by atoms with E-state index in [1.807, 2.05) is 20.8 Å². The molecule has 1 aromatic rings. The Morgan fingerprint density at radius 2 is 2.22 bits per heavy atom. The first-order valence-corrected chi connectivity index (χ1v) is 6.23. The summed E-state index contributed by atoms with van der Waals surface area (Å²) < 4.78 is 19.0. The topological polar surface area (TPSA) is 32.7 Å². The van der Waals surface area contributed by atoms with Crippen molar-refractivity contribution in [3.63, 3.8) is 0 Å². The van der Waals surface area contributed by atoms with Crippen LogP contribution in [0.4, 0.5) is 4.39 Å². The first-order valence-electron chi connectivity index (χ1n) is 6.23. The molecule has 1 unspecified atom stereocenters. The number of halogens is 1. The van der Waals surface area contributed by atoms with Gasteiger partial charge in [-0.25, -0.2) is 4.39 Å². The first-order chi connectivity index (χ1) is 8.35. The number of aromatic hydroxyl groups is 1. The lowest BCUT2D eigenvalue weighted by atomic mass is 10.0. The van der Waals surface area contributed by atoms with Crippen LogP contribution in [0.25, 0.3) is 0 Å². The maximum atomic E-state index is 13.2. The lowest BCUT2D eigenvalue weighted by Gasteiger charge is -2.41. The highest BCUT2D eigenvalue weighted by molar-refractivity contribution is 5.32. The van der Waals surface area contributed by atoms with Gasteiger partial charge < -0.3 is 9.84 Å². The molecule has 100 valence electrons. The molecule has 2 rings (SSSR count). The lowest BCUT2D eigenvalue weighted by molar-refractivity contribution is -0.130. The Labute approximate surface area is 107 Å². The number of phenols is 1. The smallest absolute Gasteiger partial charge is 0.123 e. The van der Waals surface area contributed by atoms with Crippen molar-refractivity contribution in [3.8, 4) is 5.75 Å². The second-order valence-electron chi connectivity index (χ2n) is 5.63. The minimum absolute atomic E-state index is 0.143. The van der Waals surface area contributed by atoms with Crippen LogP contribution >= 0.6 is 0 Å². The molecule has 0 aliphatic carbocycles. The van der Waals surface area contributed by atoms with E-state index < -0.39 is 0 Å². The molecule has 3 nitrogen and oxygen atoms in total. The maximum Gasteiger partial charge on any atom is 0.123 e. The zero-order chi connectivity index (χ0) is 13.3. The van der Waals surface area contributed by atoms with Gasteiger partial charge in [0.2, 0.25) is 0 Å². The lowest BCUT2D eigenvalue weighted by Crippen LogP contribution is -2.51. The van der Waals surface area contributed by atoms with Crippen LogP contribution in [0.3, 0.4) is 0 Å². The number of ether oxygens (including phenoxy) is 1. The number of benzene rings is 1. The SMILES string of the molecule is CC1CN(Cc2cc(F)ccc2O)CC(C)(C)O1. The van der Waals surface area contributed by atoms with Crippen LogP contribution in [-0.4, -0.2) is 34.8 Å². The standard InChI is InChI=1S/C14H20FNO2/c1-10-7-16(9-14(2,3)18-10)8-11-6-12(15)4-5-13(11)17/h4-6,10,17H,7-9H2,1-3H3. The number of morpholine rings is 1. The van der Waals surface area contributed by atoms with Crippen LogP contribution in [0.15, 0.2) is 18.2 Å². The van der Waals surface area contributed by atoms with Gasteiger partial charge in [0.25, 0.3) is 0 Å². The van der Waals surface area contributed by atoms with Gasteiger partial charge in [0.1, 0.15) is 11.6 Å². The predicted molar refractivity (Wildman–Crippen MR) is 68.0 cm³/mol. The van der Waals surface area contributed by atoms with Crippen molar-refractivity contribution < 1.29 is 14.2 Å². The summed E-state index contributed by atoms with van der Waals surface area (Å²) in [5.41, 5.74) is 0.417. The van der Waals surface area contributed by atoms with Crippen molar-refractivity contribution in [2.24, 2.45) is 0 Å². The van der Waals surface area contributed by atoms with Gasteiger partial charge in [0, 0.05) is 25.2 Å². The fourth-order valence-electron chi connectivity index (χ4n) is 2.63. The van der Waals surface area contributed by atoms with Gasteiger partial charge in [-0.1, -0.05) is 0 Å². The Balaban J connectivity index is 2.11. The molecule has 1 fully saturated rings. The maximum absolute atomic E-state index is 13.2. The fourth-order valence-corrected chi connectivity index (χ4v) is 2.63. The number of rotatable bonds is 2. The molecule has 4 heteroatoms. The number of hydrogen-bond acceptors (Lipinski definition) is 3. The Bertz CT molecular complexity index is 434. The number of phenolic OH excluding ortho intramolecular Hbond substituents is 1. The average Bonchev–Trinajstić information content (AvgIpc) is 2.20. The Hall–Kier alpha value is -1.13. The van der Waals surface area contributed by atoms with Gasteiger partial charge in [-0.3, -0.25) is 4.90 Å². The summed E-state index contributed by atoms with van der Waals surface area (Å²) in [6.07, 6.45) is 0.143. The fraction of sp³-hybridized carbons (Fsp3) is 0.571. The Kier molecular flexibility index (Phi) is 3.59. The molecule has 0 radical (unpaired) electrons. The largest absolute Gasteiger partial charge is 0.508 e. The van der Waals surface area contributed by atoms with E-state index in [0.29, 0.717) is 12.1 Å². The summed E-state index contributed by atoms with van der Waals surface area (Å²) in [4.78, 5) is 2.18. The van der Waals surface area contributed by atoms with E-state index in [9.17, 15) is 9.50 Å². The number of hydrogen-bond donors (Lipinski definition) is 1. The molecule has 1 aliphatic heterocycles. The van der Waals surface area contributed by atoms with E-state index in [2.05, 4.69) is 4.90 Å². The molecular formula is C14H20FNO2. The van der Waals surface area contributed by atoms with Crippen LogP contribution in [0.2, 0.25) is 0 Å². The van der Waals surface area contributed by atoms with Gasteiger partial charge in [0.15, 0.2) is 0 Å². The molecule has 1 aromatic carbocycles. The van der Waals surface area contributed by atoms with Crippen molar-refractivity contribution in [2.75, 3.05) is 13.1 Å². The molecule has 18 heavy (non-hydrogen) atoms. The zero-order valence-corrected chi connectivity index (χ0v) is 11.1.